The van der Waals surface area contributed by atoms with E-state index >= 15 is 0 Å². The van der Waals surface area contributed by atoms with Crippen molar-refractivity contribution in [2.75, 3.05) is 6.54 Å². The number of rotatable bonds is 7. The summed E-state index contributed by atoms with van der Waals surface area (Å²) in [7, 11) is 0. The van der Waals surface area contributed by atoms with E-state index in [-0.39, 0.29) is 0 Å². The fourth-order valence-corrected chi connectivity index (χ4v) is 2.99. The van der Waals surface area contributed by atoms with Gasteiger partial charge in [-0.15, -0.1) is 0 Å². The van der Waals surface area contributed by atoms with Crippen molar-refractivity contribution in [2.24, 2.45) is 5.92 Å². The molecule has 2 heteroatoms. The van der Waals surface area contributed by atoms with E-state index in [1.54, 1.807) is 0 Å². The van der Waals surface area contributed by atoms with Gasteiger partial charge in [-0.3, -0.25) is 4.90 Å². The van der Waals surface area contributed by atoms with Crippen molar-refractivity contribution in [3.8, 4) is 5.75 Å². The van der Waals surface area contributed by atoms with E-state index in [0.29, 0.717) is 17.7 Å². The molecular weight excluding hydrogens is 246 g/mol. The Kier molecular flexibility index (Phi) is 6.54. The van der Waals surface area contributed by atoms with Crippen LogP contribution in [0.15, 0.2) is 12.1 Å². The molecule has 0 heterocycles. The van der Waals surface area contributed by atoms with Crippen LogP contribution in [-0.2, 0) is 6.54 Å². The third kappa shape index (κ3) is 4.52. The number of aromatic hydroxyl groups is 1. The molecule has 0 saturated carbocycles. The molecule has 1 aromatic rings. The van der Waals surface area contributed by atoms with Gasteiger partial charge in [0.2, 0.25) is 0 Å². The molecule has 0 atom stereocenters. The standard InChI is InChI=1S/C18H31NO/c1-7-17(8-2)19(11-13(3)4)12-16-9-14(5)18(20)15(6)10-16/h9-10,13,17,20H,7-8,11-12H2,1-6H3. The van der Waals surface area contributed by atoms with Crippen LogP contribution in [0.4, 0.5) is 0 Å². The smallest absolute Gasteiger partial charge is 0.121 e. The molecule has 0 unspecified atom stereocenters. The van der Waals surface area contributed by atoms with Crippen molar-refractivity contribution < 1.29 is 5.11 Å². The summed E-state index contributed by atoms with van der Waals surface area (Å²) in [4.78, 5) is 2.59. The number of phenolic OH excluding ortho intramolecular Hbond substituents is 1. The van der Waals surface area contributed by atoms with Crippen molar-refractivity contribution in [3.63, 3.8) is 0 Å². The number of hydrogen-bond acceptors (Lipinski definition) is 2. The van der Waals surface area contributed by atoms with Gasteiger partial charge in [-0.2, -0.15) is 0 Å². The highest BCUT2D eigenvalue weighted by Gasteiger charge is 2.17. The molecule has 0 amide bonds. The first kappa shape index (κ1) is 17.0. The first-order valence-electron chi connectivity index (χ1n) is 7.92. The average molecular weight is 277 g/mol. The van der Waals surface area contributed by atoms with Gasteiger partial charge < -0.3 is 5.11 Å². The van der Waals surface area contributed by atoms with Gasteiger partial charge in [-0.25, -0.2) is 0 Å². The topological polar surface area (TPSA) is 23.5 Å². The Morgan fingerprint density at radius 1 is 1.05 bits per heavy atom. The van der Waals surface area contributed by atoms with Crippen LogP contribution >= 0.6 is 0 Å². The van der Waals surface area contributed by atoms with Crippen molar-refractivity contribution in [1.82, 2.24) is 4.90 Å². The lowest BCUT2D eigenvalue weighted by Gasteiger charge is -2.32. The molecule has 0 saturated heterocycles. The first-order chi connectivity index (χ1) is 9.38. The Labute approximate surface area is 124 Å². The largest absolute Gasteiger partial charge is 0.507 e. The molecule has 1 N–H and O–H groups in total. The molecule has 0 aromatic heterocycles. The summed E-state index contributed by atoms with van der Waals surface area (Å²) < 4.78 is 0. The van der Waals surface area contributed by atoms with E-state index in [2.05, 4.69) is 44.7 Å². The Morgan fingerprint density at radius 3 is 1.95 bits per heavy atom. The van der Waals surface area contributed by atoms with Gasteiger partial charge in [0.1, 0.15) is 5.75 Å². The maximum Gasteiger partial charge on any atom is 0.121 e. The molecule has 0 bridgehead atoms. The highest BCUT2D eigenvalue weighted by atomic mass is 16.3. The lowest BCUT2D eigenvalue weighted by atomic mass is 10.0. The molecule has 0 aliphatic heterocycles. The molecule has 0 aliphatic carbocycles. The van der Waals surface area contributed by atoms with E-state index < -0.39 is 0 Å². The van der Waals surface area contributed by atoms with Crippen LogP contribution in [0.2, 0.25) is 0 Å². The van der Waals surface area contributed by atoms with Crippen molar-refractivity contribution >= 4 is 0 Å². The van der Waals surface area contributed by atoms with E-state index in [9.17, 15) is 5.11 Å². The summed E-state index contributed by atoms with van der Waals surface area (Å²) in [6, 6.07) is 4.89. The Morgan fingerprint density at radius 2 is 1.55 bits per heavy atom. The zero-order valence-electron chi connectivity index (χ0n) is 14.0. The molecule has 2 nitrogen and oxygen atoms in total. The summed E-state index contributed by atoms with van der Waals surface area (Å²) in [6.07, 6.45) is 2.39. The SMILES string of the molecule is CCC(CC)N(Cc1cc(C)c(O)c(C)c1)CC(C)C. The van der Waals surface area contributed by atoms with Crippen LogP contribution in [-0.4, -0.2) is 22.6 Å². The average Bonchev–Trinajstić information content (AvgIpc) is 2.36. The molecule has 0 fully saturated rings. The van der Waals surface area contributed by atoms with Gasteiger partial charge in [0.25, 0.3) is 0 Å². The van der Waals surface area contributed by atoms with Crippen LogP contribution in [0.1, 0.15) is 57.2 Å². The maximum atomic E-state index is 9.90. The minimum Gasteiger partial charge on any atom is -0.507 e. The second-order valence-electron chi connectivity index (χ2n) is 6.37. The summed E-state index contributed by atoms with van der Waals surface area (Å²) in [5.41, 5.74) is 3.27. The van der Waals surface area contributed by atoms with Gasteiger partial charge >= 0.3 is 0 Å². The molecule has 114 valence electrons. The highest BCUT2D eigenvalue weighted by molar-refractivity contribution is 5.42. The summed E-state index contributed by atoms with van der Waals surface area (Å²) in [5, 5.41) is 9.90. The van der Waals surface area contributed by atoms with Crippen molar-refractivity contribution in [1.29, 1.82) is 0 Å². The summed E-state index contributed by atoms with van der Waals surface area (Å²) in [6.45, 7) is 15.2. The van der Waals surface area contributed by atoms with Crippen LogP contribution < -0.4 is 0 Å². The molecule has 0 radical (unpaired) electrons. The minimum atomic E-state index is 0.437. The number of benzene rings is 1. The molecule has 20 heavy (non-hydrogen) atoms. The lowest BCUT2D eigenvalue weighted by Crippen LogP contribution is -2.36. The van der Waals surface area contributed by atoms with Gasteiger partial charge in [0, 0.05) is 19.1 Å². The third-order valence-corrected chi connectivity index (χ3v) is 4.00. The Bertz CT molecular complexity index is 398. The van der Waals surface area contributed by atoms with E-state index in [1.807, 2.05) is 13.8 Å². The summed E-state index contributed by atoms with van der Waals surface area (Å²) >= 11 is 0. The molecule has 1 aromatic carbocycles. The zero-order chi connectivity index (χ0) is 15.3. The Hall–Kier alpha value is -1.02. The van der Waals surface area contributed by atoms with Gasteiger partial charge in [-0.05, 0) is 49.3 Å². The van der Waals surface area contributed by atoms with E-state index in [1.165, 1.54) is 18.4 Å². The third-order valence-electron chi connectivity index (χ3n) is 4.00. The number of aryl methyl sites for hydroxylation is 2. The molecule has 1 rings (SSSR count). The van der Waals surface area contributed by atoms with Gasteiger partial charge in [0.15, 0.2) is 0 Å². The van der Waals surface area contributed by atoms with Crippen LogP contribution in [0.5, 0.6) is 5.75 Å². The second-order valence-corrected chi connectivity index (χ2v) is 6.37. The van der Waals surface area contributed by atoms with Crippen LogP contribution in [0.25, 0.3) is 0 Å². The highest BCUT2D eigenvalue weighted by Crippen LogP contribution is 2.25. The fraction of sp³-hybridized carbons (Fsp3) is 0.667. The normalized spacial score (nSPS) is 11.8. The monoisotopic (exact) mass is 277 g/mol. The molecular formula is C18H31NO. The van der Waals surface area contributed by atoms with Crippen molar-refractivity contribution in [3.05, 3.63) is 28.8 Å². The quantitative estimate of drug-likeness (QED) is 0.784. The predicted molar refractivity (Wildman–Crippen MR) is 87.2 cm³/mol. The molecule has 0 aliphatic rings. The Balaban J connectivity index is 2.94. The van der Waals surface area contributed by atoms with Gasteiger partial charge in [-0.1, -0.05) is 39.8 Å². The van der Waals surface area contributed by atoms with Crippen LogP contribution in [0, 0.1) is 19.8 Å². The van der Waals surface area contributed by atoms with Crippen molar-refractivity contribution in [2.45, 2.75) is 67.0 Å². The van der Waals surface area contributed by atoms with Gasteiger partial charge in [0.05, 0.1) is 0 Å². The second kappa shape index (κ2) is 7.68. The van der Waals surface area contributed by atoms with Crippen LogP contribution in [0.3, 0.4) is 0 Å². The zero-order valence-corrected chi connectivity index (χ0v) is 14.0. The number of phenols is 1. The number of nitrogens with zero attached hydrogens (tertiary/aromatic N) is 1. The lowest BCUT2D eigenvalue weighted by molar-refractivity contribution is 0.157. The maximum absolute atomic E-state index is 9.90. The predicted octanol–water partition coefficient (Wildman–Crippen LogP) is 4.66. The molecule has 0 spiro atoms. The summed E-state index contributed by atoms with van der Waals surface area (Å²) in [5.74, 6) is 1.11. The first-order valence-corrected chi connectivity index (χ1v) is 7.92. The van der Waals surface area contributed by atoms with E-state index in [4.69, 9.17) is 0 Å². The number of hydrogen-bond donors (Lipinski definition) is 1. The fourth-order valence-electron chi connectivity index (χ4n) is 2.99. The minimum absolute atomic E-state index is 0.437. The van der Waals surface area contributed by atoms with E-state index in [0.717, 1.165) is 24.2 Å².